The number of benzene rings is 2. The van der Waals surface area contributed by atoms with Crippen molar-refractivity contribution in [1.82, 2.24) is 0 Å². The molecule has 20 heavy (non-hydrogen) atoms. The molecule has 2 aromatic rings. The number of halogens is 3. The van der Waals surface area contributed by atoms with Gasteiger partial charge in [0.25, 0.3) is 0 Å². The van der Waals surface area contributed by atoms with Gasteiger partial charge >= 0.3 is 0 Å². The highest BCUT2D eigenvalue weighted by Crippen LogP contribution is 2.27. The average molecular weight is 353 g/mol. The van der Waals surface area contributed by atoms with Gasteiger partial charge in [-0.15, -0.1) is 0 Å². The van der Waals surface area contributed by atoms with Crippen molar-refractivity contribution in [2.24, 2.45) is 0 Å². The maximum atomic E-state index is 13.7. The van der Waals surface area contributed by atoms with E-state index in [0.717, 1.165) is 0 Å². The lowest BCUT2D eigenvalue weighted by molar-refractivity contribution is 0.0977. The number of carbonyl (C=O) groups excluding carboxylic acids is 1. The van der Waals surface area contributed by atoms with Crippen LogP contribution in [0.5, 0.6) is 0 Å². The Labute approximate surface area is 128 Å². The third-order valence-corrected chi connectivity index (χ3v) is 4.04. The van der Waals surface area contributed by atoms with Crippen LogP contribution in [0.25, 0.3) is 0 Å². The average Bonchev–Trinajstić information content (AvgIpc) is 2.44. The Morgan fingerprint density at radius 2 is 2.00 bits per heavy atom. The lowest BCUT2D eigenvalue weighted by Gasteiger charge is -2.10. The Morgan fingerprint density at radius 3 is 2.60 bits per heavy atom. The van der Waals surface area contributed by atoms with E-state index in [-0.39, 0.29) is 11.1 Å². The fourth-order valence-corrected chi connectivity index (χ4v) is 2.22. The summed E-state index contributed by atoms with van der Waals surface area (Å²) in [4.78, 5) is 12.3. The first-order valence-electron chi connectivity index (χ1n) is 5.68. The summed E-state index contributed by atoms with van der Waals surface area (Å²) in [6, 6.07) is 12.2. The smallest absolute Gasteiger partial charge is 0.184 e. The zero-order chi connectivity index (χ0) is 14.7. The Hall–Kier alpha value is -1.70. The van der Waals surface area contributed by atoms with Gasteiger partial charge in [0.1, 0.15) is 11.7 Å². The van der Waals surface area contributed by atoms with Gasteiger partial charge in [-0.05, 0) is 34.1 Å². The quantitative estimate of drug-likeness (QED) is 0.749. The molecule has 0 aliphatic carbocycles. The van der Waals surface area contributed by atoms with E-state index in [1.54, 1.807) is 18.2 Å². The highest BCUT2D eigenvalue weighted by atomic mass is 79.9. The molecule has 100 valence electrons. The summed E-state index contributed by atoms with van der Waals surface area (Å²) in [7, 11) is 0. The van der Waals surface area contributed by atoms with Gasteiger partial charge in [-0.25, -0.2) is 4.39 Å². The zero-order valence-electron chi connectivity index (χ0n) is 10.1. The Balaban J connectivity index is 2.42. The van der Waals surface area contributed by atoms with Gasteiger partial charge in [0.15, 0.2) is 5.78 Å². The fraction of sp³-hybridized carbons (Fsp3) is 0.0667. The molecule has 0 bridgehead atoms. The van der Waals surface area contributed by atoms with E-state index in [1.165, 1.54) is 24.3 Å². The summed E-state index contributed by atoms with van der Waals surface area (Å²) in [6.07, 6.45) is 0. The molecule has 0 N–H and O–H groups in total. The van der Waals surface area contributed by atoms with Crippen molar-refractivity contribution in [1.29, 1.82) is 5.26 Å². The first kappa shape index (κ1) is 14.7. The van der Waals surface area contributed by atoms with E-state index < -0.39 is 17.5 Å². The summed E-state index contributed by atoms with van der Waals surface area (Å²) in [5.41, 5.74) is 0.340. The number of rotatable bonds is 3. The van der Waals surface area contributed by atoms with Crippen LogP contribution in [0, 0.1) is 17.1 Å². The topological polar surface area (TPSA) is 40.9 Å². The first-order valence-corrected chi connectivity index (χ1v) is 6.85. The Bertz CT molecular complexity index is 711. The van der Waals surface area contributed by atoms with Crippen LogP contribution in [0.4, 0.5) is 4.39 Å². The van der Waals surface area contributed by atoms with E-state index >= 15 is 0 Å². The van der Waals surface area contributed by atoms with Gasteiger partial charge in [0.2, 0.25) is 0 Å². The number of carbonyl (C=O) groups is 1. The molecule has 0 amide bonds. The number of Topliss-reactive ketones (excluding diaryl/α,β-unsaturated/α-hetero) is 1. The molecule has 0 fully saturated rings. The number of nitriles is 1. The third-order valence-electron chi connectivity index (χ3n) is 2.81. The second-order valence-corrected chi connectivity index (χ2v) is 5.34. The lowest BCUT2D eigenvalue weighted by atomic mass is 9.91. The number of ketones is 1. The molecule has 0 aliphatic rings. The van der Waals surface area contributed by atoms with Crippen LogP contribution in [0.2, 0.25) is 5.02 Å². The predicted octanol–water partition coefficient (Wildman–Crippen LogP) is 4.73. The SMILES string of the molecule is N#CC(C(=O)c1ccc(Br)c(Cl)c1)c1ccccc1F. The van der Waals surface area contributed by atoms with Crippen molar-refractivity contribution >= 4 is 33.3 Å². The van der Waals surface area contributed by atoms with Gasteiger partial charge in [-0.3, -0.25) is 4.79 Å². The highest BCUT2D eigenvalue weighted by molar-refractivity contribution is 9.10. The molecule has 0 spiro atoms. The minimum Gasteiger partial charge on any atom is -0.292 e. The van der Waals surface area contributed by atoms with Gasteiger partial charge in [-0.1, -0.05) is 35.9 Å². The van der Waals surface area contributed by atoms with Crippen LogP contribution < -0.4 is 0 Å². The molecule has 0 saturated carbocycles. The molecule has 0 heterocycles. The summed E-state index contributed by atoms with van der Waals surface area (Å²) in [6.45, 7) is 0. The summed E-state index contributed by atoms with van der Waals surface area (Å²) < 4.78 is 14.4. The van der Waals surface area contributed by atoms with Crippen molar-refractivity contribution in [3.05, 3.63) is 68.9 Å². The van der Waals surface area contributed by atoms with Gasteiger partial charge in [0, 0.05) is 15.6 Å². The monoisotopic (exact) mass is 351 g/mol. The van der Waals surface area contributed by atoms with Gasteiger partial charge in [-0.2, -0.15) is 5.26 Å². The van der Waals surface area contributed by atoms with Crippen molar-refractivity contribution in [3.63, 3.8) is 0 Å². The molecule has 0 radical (unpaired) electrons. The molecular weight excluding hydrogens is 345 g/mol. The molecule has 2 nitrogen and oxygen atoms in total. The van der Waals surface area contributed by atoms with Crippen LogP contribution in [-0.2, 0) is 0 Å². The van der Waals surface area contributed by atoms with Gasteiger partial charge in [0.05, 0.1) is 11.1 Å². The largest absolute Gasteiger partial charge is 0.292 e. The van der Waals surface area contributed by atoms with Crippen molar-refractivity contribution in [2.45, 2.75) is 5.92 Å². The van der Waals surface area contributed by atoms with Crippen LogP contribution in [0.15, 0.2) is 46.9 Å². The van der Waals surface area contributed by atoms with Crippen LogP contribution in [-0.4, -0.2) is 5.78 Å². The Kier molecular flexibility index (Phi) is 4.53. The summed E-state index contributed by atoms with van der Waals surface area (Å²) in [5, 5.41) is 9.54. The van der Waals surface area contributed by atoms with Crippen molar-refractivity contribution in [3.8, 4) is 6.07 Å². The predicted molar refractivity (Wildman–Crippen MR) is 78.2 cm³/mol. The van der Waals surface area contributed by atoms with Crippen LogP contribution in [0.1, 0.15) is 21.8 Å². The van der Waals surface area contributed by atoms with E-state index in [0.29, 0.717) is 9.50 Å². The maximum absolute atomic E-state index is 13.7. The highest BCUT2D eigenvalue weighted by Gasteiger charge is 2.24. The van der Waals surface area contributed by atoms with E-state index in [1.807, 2.05) is 6.07 Å². The van der Waals surface area contributed by atoms with E-state index in [2.05, 4.69) is 15.9 Å². The molecule has 1 unspecified atom stereocenters. The third kappa shape index (κ3) is 2.90. The van der Waals surface area contributed by atoms with Crippen LogP contribution >= 0.6 is 27.5 Å². The molecule has 0 aromatic heterocycles. The molecular formula is C15H8BrClFNO. The van der Waals surface area contributed by atoms with Crippen LogP contribution in [0.3, 0.4) is 0 Å². The molecule has 0 saturated heterocycles. The first-order chi connectivity index (χ1) is 9.54. The van der Waals surface area contributed by atoms with E-state index in [9.17, 15) is 14.4 Å². The minimum atomic E-state index is -1.19. The normalized spacial score (nSPS) is 11.7. The molecule has 5 heteroatoms. The number of hydrogen-bond donors (Lipinski definition) is 0. The lowest BCUT2D eigenvalue weighted by Crippen LogP contribution is -2.12. The maximum Gasteiger partial charge on any atom is 0.184 e. The number of hydrogen-bond acceptors (Lipinski definition) is 2. The molecule has 2 aromatic carbocycles. The molecule has 1 atom stereocenters. The van der Waals surface area contributed by atoms with Gasteiger partial charge < -0.3 is 0 Å². The molecule has 0 aliphatic heterocycles. The summed E-state index contributed by atoms with van der Waals surface area (Å²) in [5.74, 6) is -2.24. The zero-order valence-corrected chi connectivity index (χ0v) is 12.5. The standard InChI is InChI=1S/C15H8BrClFNO/c16-12-6-5-9(7-13(12)17)15(20)11(8-19)10-3-1-2-4-14(10)18/h1-7,11H. The van der Waals surface area contributed by atoms with Crippen molar-refractivity contribution in [2.75, 3.05) is 0 Å². The minimum absolute atomic E-state index is 0.0686. The number of nitrogens with zero attached hydrogens (tertiary/aromatic N) is 1. The Morgan fingerprint density at radius 1 is 1.30 bits per heavy atom. The second kappa shape index (κ2) is 6.17. The second-order valence-electron chi connectivity index (χ2n) is 4.08. The van der Waals surface area contributed by atoms with E-state index in [4.69, 9.17) is 11.6 Å². The molecule has 2 rings (SSSR count). The fourth-order valence-electron chi connectivity index (χ4n) is 1.79. The van der Waals surface area contributed by atoms with Crippen molar-refractivity contribution < 1.29 is 9.18 Å². The summed E-state index contributed by atoms with van der Waals surface area (Å²) >= 11 is 9.15.